The summed E-state index contributed by atoms with van der Waals surface area (Å²) < 4.78 is 10.8. The number of nitrogens with one attached hydrogen (secondary N) is 1. The highest BCUT2D eigenvalue weighted by atomic mass is 16.5. The summed E-state index contributed by atoms with van der Waals surface area (Å²) in [7, 11) is 3.58. The number of nitrogens with zero attached hydrogens (tertiary/aromatic N) is 1. The molecule has 0 saturated carbocycles. The lowest BCUT2D eigenvalue weighted by atomic mass is 9.98. The van der Waals surface area contributed by atoms with Gasteiger partial charge in [0.1, 0.15) is 11.3 Å². The summed E-state index contributed by atoms with van der Waals surface area (Å²) in [4.78, 5) is 14.7. The van der Waals surface area contributed by atoms with Crippen LogP contribution in [0.1, 0.15) is 31.2 Å². The van der Waals surface area contributed by atoms with Crippen molar-refractivity contribution in [2.45, 2.75) is 50.2 Å². The Morgan fingerprint density at radius 3 is 2.79 bits per heavy atom. The van der Waals surface area contributed by atoms with Crippen molar-refractivity contribution >= 4 is 16.9 Å². The van der Waals surface area contributed by atoms with Crippen LogP contribution in [0.15, 0.2) is 28.9 Å². The van der Waals surface area contributed by atoms with E-state index in [9.17, 15) is 4.79 Å². The Bertz CT molecular complexity index is 742. The summed E-state index contributed by atoms with van der Waals surface area (Å²) in [5.74, 6) is 0.928. The summed E-state index contributed by atoms with van der Waals surface area (Å²) in [6.07, 6.45) is 6.72. The van der Waals surface area contributed by atoms with Crippen LogP contribution in [0.3, 0.4) is 0 Å². The lowest BCUT2D eigenvalue weighted by molar-refractivity contribution is -0.131. The van der Waals surface area contributed by atoms with Crippen LogP contribution < -0.4 is 10.1 Å². The van der Waals surface area contributed by atoms with Gasteiger partial charge in [-0.25, -0.2) is 0 Å². The third-order valence-corrected chi connectivity index (χ3v) is 5.59. The predicted molar refractivity (Wildman–Crippen MR) is 92.2 cm³/mol. The molecule has 4 rings (SSSR count). The zero-order valence-corrected chi connectivity index (χ0v) is 14.2. The van der Waals surface area contributed by atoms with E-state index in [4.69, 9.17) is 9.15 Å². The van der Waals surface area contributed by atoms with Crippen LogP contribution in [0.5, 0.6) is 5.75 Å². The van der Waals surface area contributed by atoms with E-state index in [1.165, 1.54) is 12.8 Å². The average molecular weight is 328 g/mol. The molecule has 2 aliphatic rings. The minimum atomic E-state index is 0.166. The fraction of sp³-hybridized carbons (Fsp3) is 0.526. The number of hydrogen-bond donors (Lipinski definition) is 1. The van der Waals surface area contributed by atoms with Crippen LogP contribution in [0.4, 0.5) is 0 Å². The van der Waals surface area contributed by atoms with E-state index in [2.05, 4.69) is 5.32 Å². The number of piperidine rings is 1. The van der Waals surface area contributed by atoms with Gasteiger partial charge in [0.05, 0.1) is 19.8 Å². The summed E-state index contributed by atoms with van der Waals surface area (Å²) in [5, 5.41) is 4.62. The van der Waals surface area contributed by atoms with Gasteiger partial charge in [0.15, 0.2) is 0 Å². The van der Waals surface area contributed by atoms with Crippen LogP contribution in [-0.4, -0.2) is 43.1 Å². The zero-order chi connectivity index (χ0) is 16.7. The SMILES string of the molecule is COc1ccc2c(CC(=O)N(C)C3CC4CCC(C3)N4)coc2c1. The molecule has 1 aromatic carbocycles. The van der Waals surface area contributed by atoms with Gasteiger partial charge in [-0.1, -0.05) is 0 Å². The molecule has 128 valence electrons. The fourth-order valence-corrected chi connectivity index (χ4v) is 4.16. The molecule has 0 radical (unpaired) electrons. The molecule has 1 aromatic heterocycles. The highest BCUT2D eigenvalue weighted by molar-refractivity contribution is 5.88. The predicted octanol–water partition coefficient (Wildman–Crippen LogP) is 2.73. The molecule has 3 heterocycles. The quantitative estimate of drug-likeness (QED) is 0.938. The molecule has 2 aliphatic heterocycles. The monoisotopic (exact) mass is 328 g/mol. The topological polar surface area (TPSA) is 54.7 Å². The first-order chi connectivity index (χ1) is 11.6. The molecule has 2 aromatic rings. The third-order valence-electron chi connectivity index (χ3n) is 5.59. The van der Waals surface area contributed by atoms with E-state index in [-0.39, 0.29) is 5.91 Å². The van der Waals surface area contributed by atoms with Gasteiger partial charge >= 0.3 is 0 Å². The number of methoxy groups -OCH3 is 1. The highest BCUT2D eigenvalue weighted by Crippen LogP contribution is 2.30. The summed E-state index contributed by atoms with van der Waals surface area (Å²) in [5.41, 5.74) is 1.71. The molecule has 1 N–H and O–H groups in total. The third kappa shape index (κ3) is 2.77. The number of rotatable bonds is 4. The first-order valence-electron chi connectivity index (χ1n) is 8.70. The molecule has 0 spiro atoms. The van der Waals surface area contributed by atoms with Gasteiger partial charge in [-0.15, -0.1) is 0 Å². The maximum Gasteiger partial charge on any atom is 0.227 e. The number of carbonyl (C=O) groups excluding carboxylic acids is 1. The fourth-order valence-electron chi connectivity index (χ4n) is 4.16. The molecule has 2 fully saturated rings. The molecular formula is C19H24N2O3. The van der Waals surface area contributed by atoms with Crippen molar-refractivity contribution in [3.8, 4) is 5.75 Å². The summed E-state index contributed by atoms with van der Waals surface area (Å²) in [6, 6.07) is 7.26. The van der Waals surface area contributed by atoms with Crippen LogP contribution in [0, 0.1) is 0 Å². The Balaban J connectivity index is 1.47. The second-order valence-corrected chi connectivity index (χ2v) is 7.07. The molecule has 0 aliphatic carbocycles. The zero-order valence-electron chi connectivity index (χ0n) is 14.2. The second kappa shape index (κ2) is 6.13. The molecule has 2 saturated heterocycles. The first kappa shape index (κ1) is 15.5. The molecule has 5 nitrogen and oxygen atoms in total. The molecule has 5 heteroatoms. The molecule has 2 bridgehead atoms. The molecular weight excluding hydrogens is 304 g/mol. The minimum absolute atomic E-state index is 0.166. The lowest BCUT2D eigenvalue weighted by Crippen LogP contribution is -2.49. The van der Waals surface area contributed by atoms with Crippen molar-refractivity contribution in [1.82, 2.24) is 10.2 Å². The van der Waals surface area contributed by atoms with Crippen LogP contribution in [0.25, 0.3) is 11.0 Å². The Morgan fingerprint density at radius 1 is 1.33 bits per heavy atom. The van der Waals surface area contributed by atoms with Crippen molar-refractivity contribution < 1.29 is 13.9 Å². The van der Waals surface area contributed by atoms with Crippen LogP contribution in [0.2, 0.25) is 0 Å². The molecule has 1 amide bonds. The maximum absolute atomic E-state index is 12.7. The van der Waals surface area contributed by atoms with Gasteiger partial charge in [-0.2, -0.15) is 0 Å². The van der Waals surface area contributed by atoms with E-state index in [1.807, 2.05) is 30.1 Å². The minimum Gasteiger partial charge on any atom is -0.497 e. The van der Waals surface area contributed by atoms with Crippen molar-refractivity contribution in [2.75, 3.05) is 14.2 Å². The Kier molecular flexibility index (Phi) is 3.96. The summed E-state index contributed by atoms with van der Waals surface area (Å²) in [6.45, 7) is 0. The number of furan rings is 1. The Hall–Kier alpha value is -2.01. The van der Waals surface area contributed by atoms with Crippen molar-refractivity contribution in [3.05, 3.63) is 30.0 Å². The Labute approximate surface area is 141 Å². The number of ether oxygens (including phenoxy) is 1. The van der Waals surface area contributed by atoms with Crippen LogP contribution >= 0.6 is 0 Å². The van der Waals surface area contributed by atoms with Crippen molar-refractivity contribution in [3.63, 3.8) is 0 Å². The lowest BCUT2D eigenvalue weighted by Gasteiger charge is -2.35. The standard InChI is InChI=1S/C19H24N2O3/c1-21(15-8-13-3-4-14(9-15)20-13)19(22)7-12-11-24-18-10-16(23-2)5-6-17(12)18/h5-6,10-11,13-15,20H,3-4,7-9H2,1-2H3. The van der Waals surface area contributed by atoms with Gasteiger partial charge in [0.25, 0.3) is 0 Å². The largest absolute Gasteiger partial charge is 0.497 e. The van der Waals surface area contributed by atoms with Gasteiger partial charge in [-0.3, -0.25) is 4.79 Å². The number of benzene rings is 1. The van der Waals surface area contributed by atoms with E-state index >= 15 is 0 Å². The van der Waals surface area contributed by atoms with Crippen LogP contribution in [-0.2, 0) is 11.2 Å². The highest BCUT2D eigenvalue weighted by Gasteiger charge is 2.36. The van der Waals surface area contributed by atoms with E-state index in [1.54, 1.807) is 13.4 Å². The molecule has 24 heavy (non-hydrogen) atoms. The Morgan fingerprint density at radius 2 is 2.08 bits per heavy atom. The molecule has 2 atom stereocenters. The van der Waals surface area contributed by atoms with E-state index in [0.29, 0.717) is 24.5 Å². The normalized spacial score (nSPS) is 25.8. The van der Waals surface area contributed by atoms with Gasteiger partial charge in [-0.05, 0) is 37.8 Å². The number of likely N-dealkylation sites (N-methyl/N-ethyl adjacent to an activating group) is 1. The molecule has 2 unspecified atom stereocenters. The maximum atomic E-state index is 12.7. The van der Waals surface area contributed by atoms with E-state index < -0.39 is 0 Å². The van der Waals surface area contributed by atoms with Gasteiger partial charge in [0, 0.05) is 42.2 Å². The second-order valence-electron chi connectivity index (χ2n) is 7.07. The first-order valence-corrected chi connectivity index (χ1v) is 8.70. The number of fused-ring (bicyclic) bond motifs is 3. The van der Waals surface area contributed by atoms with Gasteiger partial charge in [0.2, 0.25) is 5.91 Å². The van der Waals surface area contributed by atoms with Crippen molar-refractivity contribution in [1.29, 1.82) is 0 Å². The van der Waals surface area contributed by atoms with E-state index in [0.717, 1.165) is 35.1 Å². The van der Waals surface area contributed by atoms with Crippen molar-refractivity contribution in [2.24, 2.45) is 0 Å². The smallest absolute Gasteiger partial charge is 0.227 e. The number of carbonyl (C=O) groups is 1. The summed E-state index contributed by atoms with van der Waals surface area (Å²) >= 11 is 0. The average Bonchev–Trinajstić information content (AvgIpc) is 3.16. The number of hydrogen-bond acceptors (Lipinski definition) is 4. The number of amides is 1. The van der Waals surface area contributed by atoms with Gasteiger partial charge < -0.3 is 19.4 Å².